The Kier molecular flexibility index (Phi) is 5.00. The number of morpholine rings is 1. The van der Waals surface area contributed by atoms with Crippen LogP contribution in [-0.2, 0) is 11.3 Å². The molecule has 1 saturated heterocycles. The van der Waals surface area contributed by atoms with E-state index in [9.17, 15) is 5.11 Å². The van der Waals surface area contributed by atoms with Gasteiger partial charge in [0.05, 0.1) is 24.3 Å². The van der Waals surface area contributed by atoms with Gasteiger partial charge in [0.25, 0.3) is 0 Å². The van der Waals surface area contributed by atoms with Crippen molar-refractivity contribution in [1.29, 1.82) is 0 Å². The molecule has 0 bridgehead atoms. The molecule has 0 amide bonds. The second-order valence-corrected chi connectivity index (χ2v) is 8.10. The van der Waals surface area contributed by atoms with E-state index < -0.39 is 5.60 Å². The smallest absolute Gasteiger partial charge is 0.0931 e. The highest BCUT2D eigenvalue weighted by Gasteiger charge is 2.14. The van der Waals surface area contributed by atoms with Gasteiger partial charge < -0.3 is 20.5 Å². The Morgan fingerprint density at radius 2 is 1.86 bits per heavy atom. The third kappa shape index (κ3) is 4.13. The number of fused-ring (bicyclic) bond motifs is 1. The number of aryl methyl sites for hydroxylation is 1. The lowest BCUT2D eigenvalue weighted by molar-refractivity contribution is 0.0651. The fraction of sp³-hybridized carbons (Fsp3) is 0.409. The van der Waals surface area contributed by atoms with Gasteiger partial charge in [-0.25, -0.2) is 0 Å². The molecule has 1 aliphatic rings. The van der Waals surface area contributed by atoms with Crippen molar-refractivity contribution in [2.45, 2.75) is 32.4 Å². The standard InChI is InChI=1S/C22H28N4O2/c1-22(2,27)7-8-26-15-17-13-20(23)19(14-21(17)24-26)16-3-5-18(6-4-16)25-9-11-28-12-10-25/h3-6,13-15,27H,7-12,23H2,1-2H3. The van der Waals surface area contributed by atoms with Gasteiger partial charge in [-0.1, -0.05) is 12.1 Å². The highest BCUT2D eigenvalue weighted by atomic mass is 16.5. The van der Waals surface area contributed by atoms with Crippen molar-refractivity contribution in [3.63, 3.8) is 0 Å². The van der Waals surface area contributed by atoms with E-state index >= 15 is 0 Å². The Balaban J connectivity index is 1.58. The molecule has 1 aliphatic heterocycles. The first kappa shape index (κ1) is 18.8. The van der Waals surface area contributed by atoms with E-state index in [-0.39, 0.29) is 0 Å². The van der Waals surface area contributed by atoms with Gasteiger partial charge in [-0.3, -0.25) is 4.68 Å². The highest BCUT2D eigenvalue weighted by molar-refractivity contribution is 5.91. The van der Waals surface area contributed by atoms with Crippen LogP contribution >= 0.6 is 0 Å². The molecule has 1 fully saturated rings. The summed E-state index contributed by atoms with van der Waals surface area (Å²) in [6.45, 7) is 7.70. The quantitative estimate of drug-likeness (QED) is 0.664. The fourth-order valence-electron chi connectivity index (χ4n) is 3.57. The van der Waals surface area contributed by atoms with E-state index in [1.54, 1.807) is 0 Å². The summed E-state index contributed by atoms with van der Waals surface area (Å²) in [5.74, 6) is 0. The summed E-state index contributed by atoms with van der Waals surface area (Å²) in [5.41, 5.74) is 10.6. The first-order valence-corrected chi connectivity index (χ1v) is 9.81. The number of nitrogens with two attached hydrogens (primary N) is 1. The summed E-state index contributed by atoms with van der Waals surface area (Å²) in [7, 11) is 0. The topological polar surface area (TPSA) is 76.5 Å². The van der Waals surface area contributed by atoms with Crippen LogP contribution in [-0.4, -0.2) is 46.8 Å². The third-order valence-corrected chi connectivity index (χ3v) is 5.23. The van der Waals surface area contributed by atoms with Gasteiger partial charge in [-0.05, 0) is 50.1 Å². The van der Waals surface area contributed by atoms with Crippen molar-refractivity contribution < 1.29 is 9.84 Å². The second kappa shape index (κ2) is 7.45. The van der Waals surface area contributed by atoms with Crippen molar-refractivity contribution in [2.75, 3.05) is 36.9 Å². The molecule has 0 radical (unpaired) electrons. The normalized spacial score (nSPS) is 15.3. The number of aromatic nitrogens is 2. The van der Waals surface area contributed by atoms with E-state index in [1.165, 1.54) is 5.69 Å². The Bertz CT molecular complexity index is 951. The minimum absolute atomic E-state index is 0.645. The van der Waals surface area contributed by atoms with Gasteiger partial charge in [0, 0.05) is 48.2 Å². The van der Waals surface area contributed by atoms with Crippen molar-refractivity contribution in [3.05, 3.63) is 42.6 Å². The van der Waals surface area contributed by atoms with Gasteiger partial charge in [-0.15, -0.1) is 0 Å². The predicted molar refractivity (Wildman–Crippen MR) is 114 cm³/mol. The molecule has 148 valence electrons. The van der Waals surface area contributed by atoms with Crippen molar-refractivity contribution in [1.82, 2.24) is 9.78 Å². The molecule has 4 rings (SSSR count). The molecule has 0 aliphatic carbocycles. The maximum absolute atomic E-state index is 9.94. The van der Waals surface area contributed by atoms with Crippen LogP contribution in [0.1, 0.15) is 20.3 Å². The second-order valence-electron chi connectivity index (χ2n) is 8.10. The lowest BCUT2D eigenvalue weighted by atomic mass is 10.0. The predicted octanol–water partition coefficient (Wildman–Crippen LogP) is 3.28. The van der Waals surface area contributed by atoms with Crippen LogP contribution in [0.3, 0.4) is 0 Å². The summed E-state index contributed by atoms with van der Waals surface area (Å²) < 4.78 is 7.31. The van der Waals surface area contributed by atoms with Gasteiger partial charge in [0.1, 0.15) is 0 Å². The Morgan fingerprint density at radius 3 is 2.54 bits per heavy atom. The molecular formula is C22H28N4O2. The number of rotatable bonds is 5. The molecule has 1 aromatic heterocycles. The van der Waals surface area contributed by atoms with Crippen molar-refractivity contribution >= 4 is 22.3 Å². The number of benzene rings is 2. The molecule has 0 unspecified atom stereocenters. The number of ether oxygens (including phenoxy) is 1. The zero-order chi connectivity index (χ0) is 19.7. The molecule has 6 heteroatoms. The largest absolute Gasteiger partial charge is 0.398 e. The summed E-state index contributed by atoms with van der Waals surface area (Å²) in [5, 5.41) is 15.6. The van der Waals surface area contributed by atoms with Crippen molar-refractivity contribution in [3.8, 4) is 11.1 Å². The van der Waals surface area contributed by atoms with Gasteiger partial charge in [0.2, 0.25) is 0 Å². The number of hydrogen-bond acceptors (Lipinski definition) is 5. The lowest BCUT2D eigenvalue weighted by Gasteiger charge is -2.29. The average molecular weight is 380 g/mol. The zero-order valence-corrected chi connectivity index (χ0v) is 16.6. The summed E-state index contributed by atoms with van der Waals surface area (Å²) in [6, 6.07) is 12.6. The van der Waals surface area contributed by atoms with Crippen LogP contribution in [0.5, 0.6) is 0 Å². The Hall–Kier alpha value is -2.57. The van der Waals surface area contributed by atoms with Gasteiger partial charge in [0.15, 0.2) is 0 Å². The van der Waals surface area contributed by atoms with Crippen LogP contribution in [0.4, 0.5) is 11.4 Å². The van der Waals surface area contributed by atoms with Gasteiger partial charge in [-0.2, -0.15) is 5.10 Å². The fourth-order valence-corrected chi connectivity index (χ4v) is 3.57. The number of nitrogen functional groups attached to an aromatic ring is 1. The van der Waals surface area contributed by atoms with Crippen LogP contribution in [0.15, 0.2) is 42.6 Å². The van der Waals surface area contributed by atoms with E-state index in [4.69, 9.17) is 10.5 Å². The monoisotopic (exact) mass is 380 g/mol. The van der Waals surface area contributed by atoms with E-state index in [0.29, 0.717) is 13.0 Å². The Morgan fingerprint density at radius 1 is 1.14 bits per heavy atom. The molecule has 3 aromatic rings. The molecule has 2 aromatic carbocycles. The molecule has 6 nitrogen and oxygen atoms in total. The molecular weight excluding hydrogens is 352 g/mol. The van der Waals surface area contributed by atoms with Crippen LogP contribution in [0, 0.1) is 0 Å². The van der Waals surface area contributed by atoms with E-state index in [0.717, 1.165) is 54.0 Å². The first-order chi connectivity index (χ1) is 13.4. The Labute approximate surface area is 165 Å². The maximum Gasteiger partial charge on any atom is 0.0931 e. The lowest BCUT2D eigenvalue weighted by Crippen LogP contribution is -2.36. The summed E-state index contributed by atoms with van der Waals surface area (Å²) in [6.07, 6.45) is 2.63. The number of anilines is 2. The minimum atomic E-state index is -0.704. The molecule has 0 saturated carbocycles. The number of hydrogen-bond donors (Lipinski definition) is 2. The van der Waals surface area contributed by atoms with Gasteiger partial charge >= 0.3 is 0 Å². The molecule has 0 spiro atoms. The van der Waals surface area contributed by atoms with E-state index in [1.807, 2.05) is 30.8 Å². The van der Waals surface area contributed by atoms with E-state index in [2.05, 4.69) is 40.3 Å². The highest BCUT2D eigenvalue weighted by Crippen LogP contribution is 2.31. The number of nitrogens with zero attached hydrogens (tertiary/aromatic N) is 3. The molecule has 0 atom stereocenters. The number of aliphatic hydroxyl groups is 1. The first-order valence-electron chi connectivity index (χ1n) is 9.81. The molecule has 2 heterocycles. The SMILES string of the molecule is CC(C)(O)CCn1cc2cc(N)c(-c3ccc(N4CCOCC4)cc3)cc2n1. The third-order valence-electron chi connectivity index (χ3n) is 5.23. The molecule has 28 heavy (non-hydrogen) atoms. The summed E-state index contributed by atoms with van der Waals surface area (Å²) >= 11 is 0. The summed E-state index contributed by atoms with van der Waals surface area (Å²) in [4.78, 5) is 2.34. The van der Waals surface area contributed by atoms with Crippen LogP contribution < -0.4 is 10.6 Å². The van der Waals surface area contributed by atoms with Crippen molar-refractivity contribution in [2.24, 2.45) is 0 Å². The average Bonchev–Trinajstić information content (AvgIpc) is 3.08. The molecule has 3 N–H and O–H groups in total. The maximum atomic E-state index is 9.94. The van der Waals surface area contributed by atoms with Crippen LogP contribution in [0.25, 0.3) is 22.0 Å². The minimum Gasteiger partial charge on any atom is -0.398 e. The van der Waals surface area contributed by atoms with Crippen LogP contribution in [0.2, 0.25) is 0 Å². The zero-order valence-electron chi connectivity index (χ0n) is 16.6.